The van der Waals surface area contributed by atoms with Crippen molar-refractivity contribution in [3.8, 4) is 0 Å². The van der Waals surface area contributed by atoms with Crippen molar-refractivity contribution < 1.29 is 0 Å². The molecule has 0 spiro atoms. The van der Waals surface area contributed by atoms with E-state index in [-0.39, 0.29) is 0 Å². The maximum atomic E-state index is 4.97. The molecule has 2 aliphatic heterocycles. The molecule has 22 heavy (non-hydrogen) atoms. The quantitative estimate of drug-likeness (QED) is 0.621. The topological polar surface area (TPSA) is 30.9 Å². The van der Waals surface area contributed by atoms with Crippen LogP contribution in [0.1, 0.15) is 40.5 Å². The first-order chi connectivity index (χ1) is 10.5. The van der Waals surface area contributed by atoms with Crippen LogP contribution in [0.3, 0.4) is 0 Å². The minimum absolute atomic E-state index is 0.333. The summed E-state index contributed by atoms with van der Waals surface area (Å²) >= 11 is 2.08. The monoisotopic (exact) mass is 326 g/mol. The molecule has 0 aromatic rings. The standard InChI is InChI=1S/C17H34N4S/c1-5-8-20-9-7-15(13-20)12-19-16(18-6-2)21-10-11-22-17(3,4)14-21/h15H,5-14H2,1-4H3,(H,18,19). The van der Waals surface area contributed by atoms with Crippen LogP contribution in [0.15, 0.2) is 4.99 Å². The summed E-state index contributed by atoms with van der Waals surface area (Å²) in [6.07, 6.45) is 2.57. The lowest BCUT2D eigenvalue weighted by Gasteiger charge is -2.39. The maximum Gasteiger partial charge on any atom is 0.193 e. The van der Waals surface area contributed by atoms with Crippen LogP contribution < -0.4 is 5.32 Å². The van der Waals surface area contributed by atoms with E-state index in [0.717, 1.165) is 38.1 Å². The molecule has 1 unspecified atom stereocenters. The number of likely N-dealkylation sites (tertiary alicyclic amines) is 1. The van der Waals surface area contributed by atoms with Crippen molar-refractivity contribution in [1.29, 1.82) is 0 Å². The Balaban J connectivity index is 1.90. The van der Waals surface area contributed by atoms with Gasteiger partial charge in [-0.3, -0.25) is 4.99 Å². The van der Waals surface area contributed by atoms with Crippen LogP contribution in [0.4, 0.5) is 0 Å². The minimum atomic E-state index is 0.333. The number of hydrogen-bond donors (Lipinski definition) is 1. The fourth-order valence-corrected chi connectivity index (χ4v) is 4.53. The molecular weight excluding hydrogens is 292 g/mol. The number of aliphatic imine (C=N–C) groups is 1. The summed E-state index contributed by atoms with van der Waals surface area (Å²) in [5.74, 6) is 3.07. The average Bonchev–Trinajstić information content (AvgIpc) is 2.90. The van der Waals surface area contributed by atoms with Crippen molar-refractivity contribution in [1.82, 2.24) is 15.1 Å². The molecule has 0 aliphatic carbocycles. The van der Waals surface area contributed by atoms with Gasteiger partial charge in [-0.05, 0) is 52.6 Å². The predicted molar refractivity (Wildman–Crippen MR) is 98.9 cm³/mol. The van der Waals surface area contributed by atoms with E-state index in [1.165, 1.54) is 38.2 Å². The Hall–Kier alpha value is -0.420. The molecule has 5 heteroatoms. The molecule has 4 nitrogen and oxygen atoms in total. The van der Waals surface area contributed by atoms with Gasteiger partial charge in [0.25, 0.3) is 0 Å². The van der Waals surface area contributed by atoms with Gasteiger partial charge in [-0.1, -0.05) is 6.92 Å². The first-order valence-electron chi connectivity index (χ1n) is 8.93. The third kappa shape index (κ3) is 5.34. The van der Waals surface area contributed by atoms with Crippen molar-refractivity contribution in [3.05, 3.63) is 0 Å². The lowest BCUT2D eigenvalue weighted by Crippen LogP contribution is -2.51. The van der Waals surface area contributed by atoms with Gasteiger partial charge in [-0.15, -0.1) is 0 Å². The zero-order chi connectivity index (χ0) is 16.0. The van der Waals surface area contributed by atoms with E-state index < -0.39 is 0 Å². The Morgan fingerprint density at radius 2 is 2.14 bits per heavy atom. The van der Waals surface area contributed by atoms with Crippen LogP contribution in [-0.4, -0.2) is 72.1 Å². The van der Waals surface area contributed by atoms with Crippen LogP contribution in [-0.2, 0) is 0 Å². The molecule has 0 amide bonds. The molecule has 128 valence electrons. The van der Waals surface area contributed by atoms with Gasteiger partial charge in [-0.2, -0.15) is 11.8 Å². The SMILES string of the molecule is CCCN1CCC(CN=C(NCC)N2CCSC(C)(C)C2)C1. The maximum absolute atomic E-state index is 4.97. The third-order valence-corrected chi connectivity index (χ3v) is 5.77. The van der Waals surface area contributed by atoms with E-state index in [9.17, 15) is 0 Å². The van der Waals surface area contributed by atoms with Gasteiger partial charge >= 0.3 is 0 Å². The van der Waals surface area contributed by atoms with Crippen molar-refractivity contribution in [2.24, 2.45) is 10.9 Å². The number of guanidine groups is 1. The second-order valence-corrected chi connectivity index (χ2v) is 8.98. The summed E-state index contributed by atoms with van der Waals surface area (Å²) < 4.78 is 0.333. The van der Waals surface area contributed by atoms with Crippen molar-refractivity contribution in [3.63, 3.8) is 0 Å². The largest absolute Gasteiger partial charge is 0.357 e. The highest BCUT2D eigenvalue weighted by Gasteiger charge is 2.29. The van der Waals surface area contributed by atoms with Crippen LogP contribution in [0.5, 0.6) is 0 Å². The first-order valence-corrected chi connectivity index (χ1v) is 9.92. The van der Waals surface area contributed by atoms with E-state index >= 15 is 0 Å². The Labute approximate surface area is 141 Å². The van der Waals surface area contributed by atoms with Gasteiger partial charge in [0, 0.05) is 43.2 Å². The second-order valence-electron chi connectivity index (χ2n) is 7.18. The lowest BCUT2D eigenvalue weighted by molar-refractivity contribution is 0.325. The highest BCUT2D eigenvalue weighted by molar-refractivity contribution is 8.00. The molecule has 2 aliphatic rings. The zero-order valence-corrected chi connectivity index (χ0v) is 15.7. The highest BCUT2D eigenvalue weighted by atomic mass is 32.2. The molecule has 0 aromatic carbocycles. The number of thioether (sulfide) groups is 1. The van der Waals surface area contributed by atoms with E-state index in [0.29, 0.717) is 4.75 Å². The molecule has 0 aromatic heterocycles. The second kappa shape index (κ2) is 8.44. The molecular formula is C17H34N4S. The van der Waals surface area contributed by atoms with Crippen LogP contribution >= 0.6 is 11.8 Å². The molecule has 2 fully saturated rings. The Morgan fingerprint density at radius 1 is 1.32 bits per heavy atom. The Bertz CT molecular complexity index is 370. The fourth-order valence-electron chi connectivity index (χ4n) is 3.42. The fraction of sp³-hybridized carbons (Fsp3) is 0.941. The number of hydrogen-bond acceptors (Lipinski definition) is 3. The third-order valence-electron chi connectivity index (χ3n) is 4.47. The van der Waals surface area contributed by atoms with Gasteiger partial charge in [0.2, 0.25) is 0 Å². The molecule has 0 saturated carbocycles. The summed E-state index contributed by atoms with van der Waals surface area (Å²) in [6, 6.07) is 0. The zero-order valence-electron chi connectivity index (χ0n) is 14.9. The number of nitrogens with one attached hydrogen (secondary N) is 1. The van der Waals surface area contributed by atoms with E-state index in [4.69, 9.17) is 4.99 Å². The summed E-state index contributed by atoms with van der Waals surface area (Å²) in [5.41, 5.74) is 0. The molecule has 1 N–H and O–H groups in total. The normalized spacial score (nSPS) is 26.5. The van der Waals surface area contributed by atoms with Crippen molar-refractivity contribution in [2.75, 3.05) is 51.6 Å². The van der Waals surface area contributed by atoms with Gasteiger partial charge in [0.05, 0.1) is 0 Å². The van der Waals surface area contributed by atoms with Crippen LogP contribution in [0, 0.1) is 5.92 Å². The van der Waals surface area contributed by atoms with Crippen LogP contribution in [0.2, 0.25) is 0 Å². The summed E-state index contributed by atoms with van der Waals surface area (Å²) in [5, 5.41) is 3.50. The number of nitrogens with zero attached hydrogens (tertiary/aromatic N) is 3. The number of rotatable bonds is 5. The molecule has 0 radical (unpaired) electrons. The van der Waals surface area contributed by atoms with Crippen molar-refractivity contribution >= 4 is 17.7 Å². The van der Waals surface area contributed by atoms with Gasteiger partial charge in [0.15, 0.2) is 5.96 Å². The minimum Gasteiger partial charge on any atom is -0.357 e. The van der Waals surface area contributed by atoms with Gasteiger partial charge in [-0.25, -0.2) is 0 Å². The van der Waals surface area contributed by atoms with E-state index in [1.54, 1.807) is 0 Å². The van der Waals surface area contributed by atoms with Gasteiger partial charge in [0.1, 0.15) is 0 Å². The molecule has 2 heterocycles. The smallest absolute Gasteiger partial charge is 0.193 e. The highest BCUT2D eigenvalue weighted by Crippen LogP contribution is 2.29. The van der Waals surface area contributed by atoms with Gasteiger partial charge < -0.3 is 15.1 Å². The molecule has 0 bridgehead atoms. The van der Waals surface area contributed by atoms with Crippen molar-refractivity contribution in [2.45, 2.75) is 45.3 Å². The first kappa shape index (κ1) is 17.9. The Kier molecular flexibility index (Phi) is 6.87. The van der Waals surface area contributed by atoms with E-state index in [1.807, 2.05) is 0 Å². The molecule has 2 rings (SSSR count). The lowest BCUT2D eigenvalue weighted by atomic mass is 10.1. The van der Waals surface area contributed by atoms with Crippen LogP contribution in [0.25, 0.3) is 0 Å². The summed E-state index contributed by atoms with van der Waals surface area (Å²) in [6.45, 7) is 17.0. The predicted octanol–water partition coefficient (Wildman–Crippen LogP) is 2.51. The van der Waals surface area contributed by atoms with E-state index in [2.05, 4.69) is 54.6 Å². The molecule has 1 atom stereocenters. The Morgan fingerprint density at radius 3 is 2.82 bits per heavy atom. The summed E-state index contributed by atoms with van der Waals surface area (Å²) in [4.78, 5) is 10.0. The summed E-state index contributed by atoms with van der Waals surface area (Å²) in [7, 11) is 0. The average molecular weight is 327 g/mol. The molecule has 2 saturated heterocycles.